The van der Waals surface area contributed by atoms with Crippen molar-refractivity contribution in [1.29, 1.82) is 5.26 Å². The summed E-state index contributed by atoms with van der Waals surface area (Å²) in [4.78, 5) is 16.8. The number of rotatable bonds is 5. The maximum absolute atomic E-state index is 13.9. The van der Waals surface area contributed by atoms with E-state index in [0.717, 1.165) is 18.4 Å². The molecule has 0 spiro atoms. The van der Waals surface area contributed by atoms with Gasteiger partial charge in [0, 0.05) is 0 Å². The van der Waals surface area contributed by atoms with Gasteiger partial charge in [-0.3, -0.25) is 14.7 Å². The van der Waals surface area contributed by atoms with Gasteiger partial charge in [0.1, 0.15) is 5.54 Å². The first-order chi connectivity index (χ1) is 14.4. The Bertz CT molecular complexity index is 1160. The summed E-state index contributed by atoms with van der Waals surface area (Å²) in [6.07, 6.45) is -5.06. The number of amides is 1. The molecule has 2 N–H and O–H groups in total. The highest BCUT2D eigenvalue weighted by Gasteiger charge is 2.50. The summed E-state index contributed by atoms with van der Waals surface area (Å²) in [5, 5.41) is 22.2. The van der Waals surface area contributed by atoms with Gasteiger partial charge in [-0.25, -0.2) is 4.98 Å². The molecule has 0 fully saturated rings. The number of fused-ring (bicyclic) bond motifs is 1. The summed E-state index contributed by atoms with van der Waals surface area (Å²) in [6, 6.07) is 14.5. The van der Waals surface area contributed by atoms with Gasteiger partial charge in [0.2, 0.25) is 11.9 Å². The number of halogens is 3. The second kappa shape index (κ2) is 7.71. The highest BCUT2D eigenvalue weighted by atomic mass is 19.4. The van der Waals surface area contributed by atoms with Gasteiger partial charge >= 0.3 is 6.18 Å². The van der Waals surface area contributed by atoms with E-state index in [-0.39, 0.29) is 22.5 Å². The summed E-state index contributed by atoms with van der Waals surface area (Å²) in [5.41, 5.74) is -3.05. The maximum Gasteiger partial charge on any atom is 0.411 e. The number of imidazole rings is 1. The highest BCUT2D eigenvalue weighted by Crippen LogP contribution is 2.41. The lowest BCUT2D eigenvalue weighted by Gasteiger charge is -2.31. The third-order valence-electron chi connectivity index (χ3n) is 5.19. The van der Waals surface area contributed by atoms with Crippen molar-refractivity contribution >= 4 is 22.9 Å². The fourth-order valence-corrected chi connectivity index (χ4v) is 3.30. The van der Waals surface area contributed by atoms with E-state index < -0.39 is 29.6 Å². The number of aliphatic hydroxyl groups is 1. The predicted molar refractivity (Wildman–Crippen MR) is 109 cm³/mol. The first-order valence-corrected chi connectivity index (χ1v) is 9.44. The average Bonchev–Trinajstić information content (AvgIpc) is 3.04. The zero-order valence-corrected chi connectivity index (χ0v) is 17.2. The number of nitrogens with zero attached hydrogens (tertiary/aromatic N) is 3. The molecule has 0 aliphatic carbocycles. The molecule has 0 saturated heterocycles. The SMILES string of the molecule is CC(O)(CC(=O)Nc1nc2ccc(C#N)cc2n1C(C)(C)C(F)(F)F)c1ccccc1. The molecule has 6 nitrogen and oxygen atoms in total. The number of alkyl halides is 3. The van der Waals surface area contributed by atoms with Gasteiger partial charge in [-0.2, -0.15) is 18.4 Å². The van der Waals surface area contributed by atoms with Crippen LogP contribution in [-0.2, 0) is 15.9 Å². The third kappa shape index (κ3) is 4.25. The molecule has 3 aromatic rings. The number of hydrogen-bond donors (Lipinski definition) is 2. The van der Waals surface area contributed by atoms with Crippen LogP contribution >= 0.6 is 0 Å². The number of hydrogen-bond acceptors (Lipinski definition) is 4. The van der Waals surface area contributed by atoms with Crippen LogP contribution < -0.4 is 5.32 Å². The van der Waals surface area contributed by atoms with Gasteiger partial charge in [0.15, 0.2) is 0 Å². The number of nitriles is 1. The molecule has 2 aromatic carbocycles. The molecule has 0 aliphatic heterocycles. The van der Waals surface area contributed by atoms with Crippen molar-refractivity contribution in [1.82, 2.24) is 9.55 Å². The molecule has 31 heavy (non-hydrogen) atoms. The number of nitrogens with one attached hydrogen (secondary N) is 1. The molecule has 162 valence electrons. The van der Waals surface area contributed by atoms with E-state index in [1.54, 1.807) is 30.3 Å². The summed E-state index contributed by atoms with van der Waals surface area (Å²) in [6.45, 7) is 3.37. The third-order valence-corrected chi connectivity index (χ3v) is 5.19. The molecule has 1 unspecified atom stereocenters. The summed E-state index contributed by atoms with van der Waals surface area (Å²) >= 11 is 0. The molecule has 1 atom stereocenters. The van der Waals surface area contributed by atoms with Crippen LogP contribution in [0.3, 0.4) is 0 Å². The predicted octanol–water partition coefficient (Wildman–Crippen LogP) is 4.44. The molecular weight excluding hydrogens is 409 g/mol. The minimum atomic E-state index is -4.67. The molecule has 1 heterocycles. The molecule has 1 amide bonds. The van der Waals surface area contributed by atoms with Crippen molar-refractivity contribution in [2.45, 2.75) is 44.5 Å². The Morgan fingerprint density at radius 3 is 2.39 bits per heavy atom. The Hall–Kier alpha value is -3.38. The number of aromatic nitrogens is 2. The van der Waals surface area contributed by atoms with Crippen LogP contribution in [0, 0.1) is 11.3 Å². The number of carbonyl (C=O) groups excluding carboxylic acids is 1. The van der Waals surface area contributed by atoms with Crippen LogP contribution in [0.25, 0.3) is 11.0 Å². The lowest BCUT2D eigenvalue weighted by Crippen LogP contribution is -2.43. The van der Waals surface area contributed by atoms with E-state index in [0.29, 0.717) is 5.56 Å². The van der Waals surface area contributed by atoms with Gasteiger partial charge < -0.3 is 5.11 Å². The van der Waals surface area contributed by atoms with Crippen LogP contribution in [0.2, 0.25) is 0 Å². The standard InChI is InChI=1S/C22H21F3N4O2/c1-20(2,22(23,24)25)29-17-11-14(13-26)9-10-16(17)27-19(29)28-18(30)12-21(3,31)15-7-5-4-6-8-15/h4-11,31H,12H2,1-3H3,(H,27,28,30). The smallest absolute Gasteiger partial charge is 0.385 e. The molecule has 3 rings (SSSR count). The first-order valence-electron chi connectivity index (χ1n) is 9.44. The Morgan fingerprint density at radius 1 is 1.16 bits per heavy atom. The Kier molecular flexibility index (Phi) is 5.54. The van der Waals surface area contributed by atoms with E-state index in [2.05, 4.69) is 10.3 Å². The van der Waals surface area contributed by atoms with Crippen LogP contribution in [0.15, 0.2) is 48.5 Å². The van der Waals surface area contributed by atoms with E-state index in [9.17, 15) is 23.1 Å². The van der Waals surface area contributed by atoms with Gasteiger partial charge in [0.25, 0.3) is 0 Å². The monoisotopic (exact) mass is 430 g/mol. The van der Waals surface area contributed by atoms with E-state index in [1.807, 2.05) is 6.07 Å². The number of anilines is 1. The summed E-state index contributed by atoms with van der Waals surface area (Å²) < 4.78 is 42.4. The largest absolute Gasteiger partial charge is 0.411 e. The second-order valence-electron chi connectivity index (χ2n) is 8.01. The van der Waals surface area contributed by atoms with Crippen molar-refractivity contribution in [2.24, 2.45) is 0 Å². The summed E-state index contributed by atoms with van der Waals surface area (Å²) in [7, 11) is 0. The van der Waals surface area contributed by atoms with Crippen molar-refractivity contribution < 1.29 is 23.1 Å². The Balaban J connectivity index is 2.03. The molecular formula is C22H21F3N4O2. The topological polar surface area (TPSA) is 90.9 Å². The average molecular weight is 430 g/mol. The quantitative estimate of drug-likeness (QED) is 0.626. The fraction of sp³-hybridized carbons (Fsp3) is 0.318. The van der Waals surface area contributed by atoms with E-state index >= 15 is 0 Å². The van der Waals surface area contributed by atoms with Crippen LogP contribution in [0.5, 0.6) is 0 Å². The lowest BCUT2D eigenvalue weighted by molar-refractivity contribution is -0.201. The van der Waals surface area contributed by atoms with E-state index in [4.69, 9.17) is 5.26 Å². The second-order valence-corrected chi connectivity index (χ2v) is 8.01. The normalized spacial score (nSPS) is 14.1. The number of benzene rings is 2. The van der Waals surface area contributed by atoms with Crippen LogP contribution in [0.1, 0.15) is 38.3 Å². The maximum atomic E-state index is 13.9. The zero-order chi connectivity index (χ0) is 23.0. The van der Waals surface area contributed by atoms with E-state index in [1.165, 1.54) is 25.1 Å². The highest BCUT2D eigenvalue weighted by molar-refractivity contribution is 5.92. The first kappa shape index (κ1) is 22.3. The number of carbonyl (C=O) groups is 1. The molecule has 0 radical (unpaired) electrons. The molecule has 1 aromatic heterocycles. The van der Waals surface area contributed by atoms with Gasteiger partial charge in [0.05, 0.1) is 34.7 Å². The summed E-state index contributed by atoms with van der Waals surface area (Å²) in [5.74, 6) is -1.02. The molecule has 0 bridgehead atoms. The molecule has 0 aliphatic rings. The van der Waals surface area contributed by atoms with Gasteiger partial charge in [-0.05, 0) is 44.5 Å². The minimum Gasteiger partial charge on any atom is -0.385 e. The molecule has 9 heteroatoms. The minimum absolute atomic E-state index is 0.0616. The Labute approximate surface area is 176 Å². The zero-order valence-electron chi connectivity index (χ0n) is 17.2. The Morgan fingerprint density at radius 2 is 1.81 bits per heavy atom. The fourth-order valence-electron chi connectivity index (χ4n) is 3.30. The van der Waals surface area contributed by atoms with Crippen molar-refractivity contribution in [2.75, 3.05) is 5.32 Å². The van der Waals surface area contributed by atoms with Crippen LogP contribution in [-0.4, -0.2) is 26.7 Å². The van der Waals surface area contributed by atoms with Crippen molar-refractivity contribution in [3.63, 3.8) is 0 Å². The van der Waals surface area contributed by atoms with Crippen molar-refractivity contribution in [3.8, 4) is 6.07 Å². The van der Waals surface area contributed by atoms with Crippen molar-refractivity contribution in [3.05, 3.63) is 59.7 Å². The van der Waals surface area contributed by atoms with Crippen LogP contribution in [0.4, 0.5) is 19.1 Å². The lowest BCUT2D eigenvalue weighted by atomic mass is 9.92. The molecule has 0 saturated carbocycles. The van der Waals surface area contributed by atoms with Gasteiger partial charge in [-0.15, -0.1) is 0 Å². The van der Waals surface area contributed by atoms with Gasteiger partial charge in [-0.1, -0.05) is 30.3 Å².